The number of rotatable bonds is 8. The summed E-state index contributed by atoms with van der Waals surface area (Å²) < 4.78 is 35.2. The maximum atomic E-state index is 13.2. The van der Waals surface area contributed by atoms with Gasteiger partial charge in [-0.2, -0.15) is 16.5 Å². The molecule has 4 rings (SSSR count). The molecule has 1 aliphatic rings. The number of hydrogen-bond donors (Lipinski definition) is 2. The average molecular weight is 490 g/mol. The topological polar surface area (TPSA) is 110 Å². The van der Waals surface area contributed by atoms with Gasteiger partial charge in [0, 0.05) is 13.1 Å². The number of nitrogens with zero attached hydrogens (tertiary/aromatic N) is 1. The zero-order chi connectivity index (χ0) is 23.6. The van der Waals surface area contributed by atoms with Crippen molar-refractivity contribution in [2.45, 2.75) is 42.7 Å². The normalized spacial score (nSPS) is 17.0. The Balaban J connectivity index is 1.56. The first-order chi connectivity index (χ1) is 15.8. The molecular weight excluding hydrogens is 462 g/mol. The zero-order valence-electron chi connectivity index (χ0n) is 18.5. The highest BCUT2D eigenvalue weighted by Crippen LogP contribution is 2.29. The van der Waals surface area contributed by atoms with E-state index in [1.54, 1.807) is 18.8 Å². The summed E-state index contributed by atoms with van der Waals surface area (Å²) in [6.07, 6.45) is 5.01. The molecule has 0 spiro atoms. The molecule has 0 radical (unpaired) electrons. The Morgan fingerprint density at radius 1 is 1.27 bits per heavy atom. The molecular formula is C23H27N3O5S2. The Kier molecular flexibility index (Phi) is 6.96. The lowest BCUT2D eigenvalue weighted by atomic mass is 9.87. The lowest BCUT2D eigenvalue weighted by Crippen LogP contribution is -2.48. The molecule has 0 saturated carbocycles. The second-order valence-electron chi connectivity index (χ2n) is 8.16. The minimum absolute atomic E-state index is 0.0608. The van der Waals surface area contributed by atoms with Crippen LogP contribution in [0.25, 0.3) is 11.1 Å². The Bertz CT molecular complexity index is 1330. The van der Waals surface area contributed by atoms with Crippen molar-refractivity contribution in [1.82, 2.24) is 14.6 Å². The summed E-state index contributed by atoms with van der Waals surface area (Å²) in [4.78, 5) is 24.9. The average Bonchev–Trinajstić information content (AvgIpc) is 3.09. The van der Waals surface area contributed by atoms with Gasteiger partial charge in [0.25, 0.3) is 0 Å². The maximum Gasteiger partial charge on any atom is 0.419 e. The third-order valence-corrected chi connectivity index (χ3v) is 8.10. The van der Waals surface area contributed by atoms with Crippen LogP contribution < -0.4 is 15.8 Å². The zero-order valence-corrected chi connectivity index (χ0v) is 20.2. The van der Waals surface area contributed by atoms with Gasteiger partial charge in [-0.3, -0.25) is 9.36 Å². The second kappa shape index (κ2) is 9.74. The first-order valence-corrected chi connectivity index (χ1v) is 13.7. The van der Waals surface area contributed by atoms with Crippen LogP contribution in [0.2, 0.25) is 0 Å². The van der Waals surface area contributed by atoms with Crippen LogP contribution in [0.4, 0.5) is 0 Å². The van der Waals surface area contributed by atoms with Crippen LogP contribution >= 0.6 is 11.8 Å². The second-order valence-corrected chi connectivity index (χ2v) is 10.9. The van der Waals surface area contributed by atoms with Crippen LogP contribution in [0.3, 0.4) is 0 Å². The Morgan fingerprint density at radius 3 is 2.85 bits per heavy atom. The van der Waals surface area contributed by atoms with E-state index in [2.05, 4.69) is 16.1 Å². The van der Waals surface area contributed by atoms with E-state index >= 15 is 0 Å². The van der Waals surface area contributed by atoms with Gasteiger partial charge in [0.1, 0.15) is 6.04 Å². The highest BCUT2D eigenvalue weighted by Gasteiger charge is 2.29. The number of aromatic nitrogens is 1. The molecule has 1 heterocycles. The molecule has 176 valence electrons. The van der Waals surface area contributed by atoms with Crippen molar-refractivity contribution in [1.29, 1.82) is 0 Å². The molecule has 0 saturated heterocycles. The van der Waals surface area contributed by atoms with Crippen LogP contribution in [0.1, 0.15) is 36.4 Å². The summed E-state index contributed by atoms with van der Waals surface area (Å²) in [6, 6.07) is 11.2. The van der Waals surface area contributed by atoms with Gasteiger partial charge in [0.05, 0.1) is 16.5 Å². The van der Waals surface area contributed by atoms with Gasteiger partial charge in [0.2, 0.25) is 15.9 Å². The fraction of sp³-hybridized carbons (Fsp3) is 0.391. The number of amides is 1. The highest BCUT2D eigenvalue weighted by molar-refractivity contribution is 7.98. The number of aryl methyl sites for hydroxylation is 2. The molecule has 33 heavy (non-hydrogen) atoms. The van der Waals surface area contributed by atoms with Gasteiger partial charge >= 0.3 is 5.76 Å². The number of benzene rings is 2. The summed E-state index contributed by atoms with van der Waals surface area (Å²) in [5.74, 6) is -0.298. The van der Waals surface area contributed by atoms with E-state index in [9.17, 15) is 18.0 Å². The van der Waals surface area contributed by atoms with Crippen LogP contribution in [0.5, 0.6) is 0 Å². The van der Waals surface area contributed by atoms with Crippen molar-refractivity contribution in [3.8, 4) is 0 Å². The summed E-state index contributed by atoms with van der Waals surface area (Å²) in [5.41, 5.74) is 2.97. The van der Waals surface area contributed by atoms with Crippen LogP contribution in [-0.2, 0) is 28.3 Å². The Labute approximate surface area is 196 Å². The smallest absolute Gasteiger partial charge is 0.408 e. The van der Waals surface area contributed by atoms with E-state index in [0.717, 1.165) is 24.8 Å². The number of sulfonamides is 1. The van der Waals surface area contributed by atoms with E-state index in [-0.39, 0.29) is 22.4 Å². The van der Waals surface area contributed by atoms with Crippen molar-refractivity contribution in [3.05, 3.63) is 64.1 Å². The first-order valence-electron chi connectivity index (χ1n) is 10.8. The molecule has 0 unspecified atom stereocenters. The highest BCUT2D eigenvalue weighted by atomic mass is 32.2. The molecule has 2 aromatic carbocycles. The number of carbonyl (C=O) groups is 1. The van der Waals surface area contributed by atoms with Crippen molar-refractivity contribution in [3.63, 3.8) is 0 Å². The van der Waals surface area contributed by atoms with E-state index in [4.69, 9.17) is 4.42 Å². The first kappa shape index (κ1) is 23.6. The van der Waals surface area contributed by atoms with Gasteiger partial charge in [-0.25, -0.2) is 13.2 Å². The SMILES string of the molecule is CSCC[C@H](NS(=O)(=O)c1ccc2c(c1)oc(=O)n2C)C(=O)N[C@@H]1CCCc2ccccc21. The predicted molar refractivity (Wildman–Crippen MR) is 129 cm³/mol. The lowest BCUT2D eigenvalue weighted by molar-refractivity contribution is -0.123. The third kappa shape index (κ3) is 5.02. The van der Waals surface area contributed by atoms with Crippen LogP contribution in [0, 0.1) is 0 Å². The molecule has 1 aliphatic carbocycles. The van der Waals surface area contributed by atoms with E-state index in [1.165, 1.54) is 28.3 Å². The third-order valence-electron chi connectivity index (χ3n) is 5.98. The number of oxazole rings is 1. The van der Waals surface area contributed by atoms with Crippen molar-refractivity contribution < 1.29 is 17.6 Å². The van der Waals surface area contributed by atoms with Crippen molar-refractivity contribution in [2.75, 3.05) is 12.0 Å². The Hall–Kier alpha value is -2.56. The molecule has 2 N–H and O–H groups in total. The molecule has 3 aromatic rings. The number of nitrogens with one attached hydrogen (secondary N) is 2. The minimum Gasteiger partial charge on any atom is -0.408 e. The van der Waals surface area contributed by atoms with Crippen molar-refractivity contribution >= 4 is 38.8 Å². The maximum absolute atomic E-state index is 13.2. The van der Waals surface area contributed by atoms with Gasteiger partial charge < -0.3 is 9.73 Å². The molecule has 0 aliphatic heterocycles. The quantitative estimate of drug-likeness (QED) is 0.503. The minimum atomic E-state index is -4.02. The lowest BCUT2D eigenvalue weighted by Gasteiger charge is -2.28. The van der Waals surface area contributed by atoms with Crippen molar-refractivity contribution in [2.24, 2.45) is 7.05 Å². The fourth-order valence-electron chi connectivity index (χ4n) is 4.19. The Morgan fingerprint density at radius 2 is 2.06 bits per heavy atom. The van der Waals surface area contributed by atoms with Gasteiger partial charge in [0.15, 0.2) is 5.58 Å². The summed E-state index contributed by atoms with van der Waals surface area (Å²) >= 11 is 1.54. The standard InChI is InChI=1S/C23H27N3O5S2/c1-26-20-11-10-16(14-21(20)31-23(26)28)33(29,30)25-19(12-13-32-2)22(27)24-18-9-5-7-15-6-3-4-8-17(15)18/h3-4,6,8,10-11,14,18-19,25H,5,7,9,12-13H2,1-2H3,(H,24,27)/t18-,19+/m1/s1. The molecule has 2 atom stereocenters. The van der Waals surface area contributed by atoms with Gasteiger partial charge in [-0.05, 0) is 61.0 Å². The largest absolute Gasteiger partial charge is 0.419 e. The van der Waals surface area contributed by atoms with Crippen LogP contribution in [-0.4, -0.2) is 36.9 Å². The summed E-state index contributed by atoms with van der Waals surface area (Å²) in [7, 11) is -2.47. The number of carbonyl (C=O) groups excluding carboxylic acids is 1. The number of hydrogen-bond acceptors (Lipinski definition) is 6. The number of thioether (sulfide) groups is 1. The molecule has 1 aromatic heterocycles. The molecule has 0 bridgehead atoms. The van der Waals surface area contributed by atoms with E-state index in [0.29, 0.717) is 17.7 Å². The van der Waals surface area contributed by atoms with Gasteiger partial charge in [-0.1, -0.05) is 24.3 Å². The molecule has 8 nitrogen and oxygen atoms in total. The summed E-state index contributed by atoms with van der Waals surface area (Å²) in [6.45, 7) is 0. The van der Waals surface area contributed by atoms with Crippen LogP contribution in [0.15, 0.2) is 56.6 Å². The molecule has 1 amide bonds. The summed E-state index contributed by atoms with van der Waals surface area (Å²) in [5, 5.41) is 3.06. The van der Waals surface area contributed by atoms with Gasteiger partial charge in [-0.15, -0.1) is 0 Å². The molecule has 0 fully saturated rings. The fourth-order valence-corrected chi connectivity index (χ4v) is 5.91. The molecule has 10 heteroatoms. The monoisotopic (exact) mass is 489 g/mol. The predicted octanol–water partition coefficient (Wildman–Crippen LogP) is 2.73. The number of fused-ring (bicyclic) bond motifs is 2. The van der Waals surface area contributed by atoms with E-state index in [1.807, 2.05) is 24.5 Å². The van der Waals surface area contributed by atoms with E-state index < -0.39 is 21.8 Å².